The van der Waals surface area contributed by atoms with Gasteiger partial charge in [0.15, 0.2) is 0 Å². The highest BCUT2D eigenvalue weighted by Gasteiger charge is 2.36. The predicted molar refractivity (Wildman–Crippen MR) is 76.4 cm³/mol. The average Bonchev–Trinajstić information content (AvgIpc) is 2.71. The fourth-order valence-electron chi connectivity index (χ4n) is 2.16. The fraction of sp³-hybridized carbons (Fsp3) is 0. The zero-order valence-electron chi connectivity index (χ0n) is 10.1. The molecule has 2 amide bonds. The Morgan fingerprint density at radius 3 is 2.10 bits per heavy atom. The summed E-state index contributed by atoms with van der Waals surface area (Å²) in [4.78, 5) is 25.7. The Bertz CT molecular complexity index is 758. The van der Waals surface area contributed by atoms with Crippen molar-refractivity contribution in [3.05, 3.63) is 63.6 Å². The lowest BCUT2D eigenvalue weighted by Crippen LogP contribution is -2.29. The van der Waals surface area contributed by atoms with E-state index >= 15 is 0 Å². The molecular formula is C15H7BrN2O2. The van der Waals surface area contributed by atoms with Gasteiger partial charge in [-0.25, -0.2) is 4.90 Å². The van der Waals surface area contributed by atoms with E-state index in [-0.39, 0.29) is 11.8 Å². The molecule has 0 saturated heterocycles. The van der Waals surface area contributed by atoms with Gasteiger partial charge in [0, 0.05) is 4.47 Å². The maximum atomic E-state index is 12.3. The molecule has 20 heavy (non-hydrogen) atoms. The largest absolute Gasteiger partial charge is 0.268 e. The first kappa shape index (κ1) is 12.6. The van der Waals surface area contributed by atoms with Crippen LogP contribution in [0, 0.1) is 11.3 Å². The molecule has 0 radical (unpaired) electrons. The van der Waals surface area contributed by atoms with E-state index < -0.39 is 0 Å². The van der Waals surface area contributed by atoms with E-state index in [4.69, 9.17) is 5.26 Å². The van der Waals surface area contributed by atoms with Gasteiger partial charge in [-0.1, -0.05) is 12.1 Å². The molecule has 0 bridgehead atoms. The standard InChI is InChI=1S/C15H7BrN2O2/c16-13-7-10(6-5-9(13)8-17)18-14(19)11-3-1-2-4-12(11)15(18)20/h1-7H. The molecule has 4 nitrogen and oxygen atoms in total. The topological polar surface area (TPSA) is 61.2 Å². The number of rotatable bonds is 1. The first-order valence-electron chi connectivity index (χ1n) is 5.81. The Kier molecular flexibility index (Phi) is 2.88. The molecule has 0 spiro atoms. The highest BCUT2D eigenvalue weighted by molar-refractivity contribution is 9.10. The molecule has 0 saturated carbocycles. The number of hydrogen-bond donors (Lipinski definition) is 0. The summed E-state index contributed by atoms with van der Waals surface area (Å²) in [5, 5.41) is 8.89. The van der Waals surface area contributed by atoms with E-state index in [0.717, 1.165) is 4.90 Å². The van der Waals surface area contributed by atoms with Gasteiger partial charge in [0.25, 0.3) is 11.8 Å². The number of nitriles is 1. The number of imide groups is 1. The molecule has 5 heteroatoms. The number of carbonyl (C=O) groups excluding carboxylic acids is 2. The van der Waals surface area contributed by atoms with Crippen LogP contribution in [0.4, 0.5) is 5.69 Å². The van der Waals surface area contributed by atoms with Crippen LogP contribution in [-0.4, -0.2) is 11.8 Å². The average molecular weight is 327 g/mol. The van der Waals surface area contributed by atoms with Crippen LogP contribution in [0.5, 0.6) is 0 Å². The van der Waals surface area contributed by atoms with Gasteiger partial charge in [-0.15, -0.1) is 0 Å². The molecule has 0 N–H and O–H groups in total. The minimum atomic E-state index is -0.345. The van der Waals surface area contributed by atoms with E-state index in [0.29, 0.717) is 26.9 Å². The van der Waals surface area contributed by atoms with Crippen molar-refractivity contribution in [1.29, 1.82) is 5.26 Å². The minimum absolute atomic E-state index is 0.345. The van der Waals surface area contributed by atoms with Crippen molar-refractivity contribution in [2.45, 2.75) is 0 Å². The summed E-state index contributed by atoms with van der Waals surface area (Å²) in [6, 6.07) is 13.5. The summed E-state index contributed by atoms with van der Waals surface area (Å²) in [5.74, 6) is -0.690. The molecule has 3 rings (SSSR count). The van der Waals surface area contributed by atoms with Gasteiger partial charge in [-0.3, -0.25) is 9.59 Å². The highest BCUT2D eigenvalue weighted by Crippen LogP contribution is 2.30. The van der Waals surface area contributed by atoms with Crippen LogP contribution < -0.4 is 4.90 Å². The molecule has 96 valence electrons. The van der Waals surface area contributed by atoms with Crippen LogP contribution in [0.25, 0.3) is 0 Å². The second kappa shape index (κ2) is 4.58. The summed E-state index contributed by atoms with van der Waals surface area (Å²) in [6.07, 6.45) is 0. The quantitative estimate of drug-likeness (QED) is 0.756. The first-order chi connectivity index (χ1) is 9.63. The zero-order valence-corrected chi connectivity index (χ0v) is 11.7. The Balaban J connectivity index is 2.10. The van der Waals surface area contributed by atoms with Crippen LogP contribution in [-0.2, 0) is 0 Å². The normalized spacial score (nSPS) is 13.3. The molecule has 0 unspecified atom stereocenters. The molecule has 1 aliphatic heterocycles. The molecule has 0 atom stereocenters. The van der Waals surface area contributed by atoms with Gasteiger partial charge in [-0.2, -0.15) is 5.26 Å². The van der Waals surface area contributed by atoms with Crippen molar-refractivity contribution < 1.29 is 9.59 Å². The van der Waals surface area contributed by atoms with Gasteiger partial charge < -0.3 is 0 Å². The monoisotopic (exact) mass is 326 g/mol. The van der Waals surface area contributed by atoms with Gasteiger partial charge in [-0.05, 0) is 46.3 Å². The van der Waals surface area contributed by atoms with Gasteiger partial charge in [0.1, 0.15) is 6.07 Å². The molecule has 1 heterocycles. The molecule has 2 aromatic rings. The number of carbonyl (C=O) groups is 2. The number of anilines is 1. The number of halogens is 1. The summed E-state index contributed by atoms with van der Waals surface area (Å²) < 4.78 is 0.550. The number of benzene rings is 2. The van der Waals surface area contributed by atoms with Crippen molar-refractivity contribution >= 4 is 33.4 Å². The Labute approximate surface area is 123 Å². The lowest BCUT2D eigenvalue weighted by Gasteiger charge is -2.14. The van der Waals surface area contributed by atoms with Crippen LogP contribution in [0.2, 0.25) is 0 Å². The van der Waals surface area contributed by atoms with E-state index in [9.17, 15) is 9.59 Å². The molecule has 0 aromatic heterocycles. The van der Waals surface area contributed by atoms with Gasteiger partial charge >= 0.3 is 0 Å². The van der Waals surface area contributed by atoms with Crippen LogP contribution in [0.1, 0.15) is 26.3 Å². The Hall–Kier alpha value is -2.45. The van der Waals surface area contributed by atoms with Crippen LogP contribution in [0.15, 0.2) is 46.9 Å². The Morgan fingerprint density at radius 1 is 1.00 bits per heavy atom. The maximum Gasteiger partial charge on any atom is 0.266 e. The second-order valence-electron chi connectivity index (χ2n) is 4.27. The van der Waals surface area contributed by atoms with Crippen LogP contribution >= 0.6 is 15.9 Å². The number of hydrogen-bond acceptors (Lipinski definition) is 3. The lowest BCUT2D eigenvalue weighted by atomic mass is 10.1. The lowest BCUT2D eigenvalue weighted by molar-refractivity contribution is 0.0926. The smallest absolute Gasteiger partial charge is 0.266 e. The number of fused-ring (bicyclic) bond motifs is 1. The van der Waals surface area contributed by atoms with Gasteiger partial charge in [0.2, 0.25) is 0 Å². The minimum Gasteiger partial charge on any atom is -0.268 e. The molecule has 0 fully saturated rings. The molecule has 1 aliphatic rings. The van der Waals surface area contributed by atoms with E-state index in [2.05, 4.69) is 15.9 Å². The first-order valence-corrected chi connectivity index (χ1v) is 6.60. The molecule has 2 aromatic carbocycles. The Morgan fingerprint density at radius 2 is 1.60 bits per heavy atom. The van der Waals surface area contributed by atoms with Crippen molar-refractivity contribution in [1.82, 2.24) is 0 Å². The predicted octanol–water partition coefficient (Wildman–Crippen LogP) is 3.12. The molecular weight excluding hydrogens is 320 g/mol. The summed E-state index contributed by atoms with van der Waals surface area (Å²) in [7, 11) is 0. The second-order valence-corrected chi connectivity index (χ2v) is 5.12. The van der Waals surface area contributed by atoms with E-state index in [1.54, 1.807) is 42.5 Å². The highest BCUT2D eigenvalue weighted by atomic mass is 79.9. The zero-order chi connectivity index (χ0) is 14.3. The summed E-state index contributed by atoms with van der Waals surface area (Å²) in [5.41, 5.74) is 1.70. The number of nitrogens with zero attached hydrogens (tertiary/aromatic N) is 2. The fourth-order valence-corrected chi connectivity index (χ4v) is 2.61. The van der Waals surface area contributed by atoms with Crippen molar-refractivity contribution in [3.63, 3.8) is 0 Å². The van der Waals surface area contributed by atoms with Crippen molar-refractivity contribution in [2.75, 3.05) is 4.90 Å². The van der Waals surface area contributed by atoms with Crippen LogP contribution in [0.3, 0.4) is 0 Å². The third kappa shape index (κ3) is 1.74. The van der Waals surface area contributed by atoms with E-state index in [1.165, 1.54) is 0 Å². The van der Waals surface area contributed by atoms with E-state index in [1.807, 2.05) is 6.07 Å². The van der Waals surface area contributed by atoms with Crippen molar-refractivity contribution in [3.8, 4) is 6.07 Å². The summed E-state index contributed by atoms with van der Waals surface area (Å²) in [6.45, 7) is 0. The summed E-state index contributed by atoms with van der Waals surface area (Å²) >= 11 is 3.26. The third-order valence-electron chi connectivity index (χ3n) is 3.13. The molecule has 0 aliphatic carbocycles. The third-order valence-corrected chi connectivity index (χ3v) is 3.78. The SMILES string of the molecule is N#Cc1ccc(N2C(=O)c3ccccc3C2=O)cc1Br. The van der Waals surface area contributed by atoms with Gasteiger partial charge in [0.05, 0.1) is 22.4 Å². The van der Waals surface area contributed by atoms with Crippen molar-refractivity contribution in [2.24, 2.45) is 0 Å². The maximum absolute atomic E-state index is 12.3. The number of amides is 2.